The lowest BCUT2D eigenvalue weighted by molar-refractivity contribution is -0.0509. The highest BCUT2D eigenvalue weighted by molar-refractivity contribution is 7.53. The molecule has 200 valence electrons. The van der Waals surface area contributed by atoms with Crippen LogP contribution in [0, 0.1) is 0 Å². The molecule has 16 nitrogen and oxygen atoms in total. The van der Waals surface area contributed by atoms with E-state index in [1.54, 1.807) is 4.57 Å². The van der Waals surface area contributed by atoms with Gasteiger partial charge in [-0.2, -0.15) is 4.98 Å². The monoisotopic (exact) mass is 538 g/mol. The molecular formula is C20H27N8O8P. The second-order valence-electron chi connectivity index (χ2n) is 8.82. The van der Waals surface area contributed by atoms with Crippen LogP contribution in [0.1, 0.15) is 25.3 Å². The molecule has 2 fully saturated rings. The molecule has 2 saturated heterocycles. The molecule has 5 rings (SSSR count). The van der Waals surface area contributed by atoms with Crippen LogP contribution in [0.25, 0.3) is 11.2 Å². The Kier molecular flexibility index (Phi) is 6.97. The van der Waals surface area contributed by atoms with Crippen molar-refractivity contribution in [3.05, 3.63) is 35.4 Å². The van der Waals surface area contributed by atoms with Crippen LogP contribution in [0.5, 0.6) is 0 Å². The largest absolute Gasteiger partial charge is 0.394 e. The van der Waals surface area contributed by atoms with Gasteiger partial charge in [-0.15, -0.1) is 0 Å². The Bertz CT molecular complexity index is 1380. The summed E-state index contributed by atoms with van der Waals surface area (Å²) in [5, 5.41) is 20.3. The molecule has 0 aliphatic carbocycles. The molecule has 6 N–H and O–H groups in total. The number of aromatic nitrogens is 6. The van der Waals surface area contributed by atoms with Crippen molar-refractivity contribution in [3.63, 3.8) is 0 Å². The van der Waals surface area contributed by atoms with Gasteiger partial charge in [-0.3, -0.25) is 13.7 Å². The van der Waals surface area contributed by atoms with Gasteiger partial charge in [0.1, 0.15) is 42.3 Å². The Balaban J connectivity index is 1.20. The lowest BCUT2D eigenvalue weighted by Crippen LogP contribution is -2.29. The Labute approximate surface area is 209 Å². The average Bonchev–Trinajstić information content (AvgIpc) is 3.54. The summed E-state index contributed by atoms with van der Waals surface area (Å²) in [5.74, 6) is 0.289. The summed E-state index contributed by atoms with van der Waals surface area (Å²) in [6.45, 7) is 0.613. The van der Waals surface area contributed by atoms with Gasteiger partial charge in [-0.25, -0.2) is 19.7 Å². The quantitative estimate of drug-likeness (QED) is 0.263. The molecule has 1 unspecified atom stereocenters. The zero-order valence-electron chi connectivity index (χ0n) is 19.7. The predicted molar refractivity (Wildman–Crippen MR) is 127 cm³/mol. The first-order valence-corrected chi connectivity index (χ1v) is 13.4. The molecule has 3 aromatic heterocycles. The fourth-order valence-electron chi connectivity index (χ4n) is 4.39. The molecule has 0 radical (unpaired) electrons. The van der Waals surface area contributed by atoms with Gasteiger partial charge in [0.2, 0.25) is 0 Å². The van der Waals surface area contributed by atoms with Gasteiger partial charge < -0.3 is 40.2 Å². The van der Waals surface area contributed by atoms with Crippen LogP contribution < -0.4 is 17.2 Å². The van der Waals surface area contributed by atoms with Crippen LogP contribution in [0.4, 0.5) is 11.6 Å². The highest BCUT2D eigenvalue weighted by Gasteiger charge is 2.42. The van der Waals surface area contributed by atoms with E-state index >= 15 is 0 Å². The summed E-state index contributed by atoms with van der Waals surface area (Å²) in [6, 6.07) is 1.44. The lowest BCUT2D eigenvalue weighted by atomic mass is 10.2. The molecule has 0 amide bonds. The Morgan fingerprint density at radius 3 is 2.68 bits per heavy atom. The molecule has 7 atom stereocenters. The fraction of sp³-hybridized carbons (Fsp3) is 0.550. The smallest absolute Gasteiger partial charge is 0.351 e. The van der Waals surface area contributed by atoms with E-state index in [1.807, 2.05) is 0 Å². The standard InChI is InChI=1S/C20H27N8O8P/c1-37(32,36-11-5-16(34-12(11)6-29)27-3-2-14(21)26-20(27)31)33-7-13-10(30)4-15(35-13)28-9-25-17-18(22)23-8-24-19(17)28/h2-3,8-13,15-16,29-30H,4-7H2,1H3,(H2,21,26,31)(H2,22,23,24)/t10-,11-,12+,13+,15+,16+,37?/m0/s1. The van der Waals surface area contributed by atoms with Crippen molar-refractivity contribution in [3.8, 4) is 0 Å². The van der Waals surface area contributed by atoms with Crippen LogP contribution in [0.3, 0.4) is 0 Å². The number of nitrogens with two attached hydrogens (primary N) is 2. The third kappa shape index (κ3) is 5.22. The van der Waals surface area contributed by atoms with E-state index in [9.17, 15) is 19.6 Å². The molecule has 3 aromatic rings. The second kappa shape index (κ2) is 10.1. The fourth-order valence-corrected chi connectivity index (χ4v) is 5.59. The molecule has 0 aromatic carbocycles. The number of aliphatic hydroxyl groups excluding tert-OH is 2. The van der Waals surface area contributed by atoms with E-state index in [1.165, 1.54) is 36.1 Å². The van der Waals surface area contributed by atoms with Gasteiger partial charge in [0.15, 0.2) is 11.5 Å². The summed E-state index contributed by atoms with van der Waals surface area (Å²) >= 11 is 0. The number of aliphatic hydroxyl groups is 2. The summed E-state index contributed by atoms with van der Waals surface area (Å²) < 4.78 is 38.8. The molecule has 0 spiro atoms. The molecule has 2 aliphatic heterocycles. The first-order chi connectivity index (χ1) is 17.6. The minimum Gasteiger partial charge on any atom is -0.394 e. The van der Waals surface area contributed by atoms with Crippen LogP contribution >= 0.6 is 7.60 Å². The molecule has 0 saturated carbocycles. The van der Waals surface area contributed by atoms with E-state index < -0.39 is 56.8 Å². The van der Waals surface area contributed by atoms with Gasteiger partial charge in [0.25, 0.3) is 0 Å². The number of anilines is 2. The van der Waals surface area contributed by atoms with Gasteiger partial charge >= 0.3 is 13.3 Å². The van der Waals surface area contributed by atoms with Crippen molar-refractivity contribution in [2.75, 3.05) is 31.3 Å². The van der Waals surface area contributed by atoms with E-state index in [2.05, 4.69) is 19.9 Å². The SMILES string of the molecule is CP(=O)(OC[C@H]1O[C@@H](n2cnc3c(N)ncnc32)C[C@@H]1O)O[C@H]1C[C@H](n2ccc(N)nc2=O)O[C@@H]1CO. The molecule has 5 heterocycles. The summed E-state index contributed by atoms with van der Waals surface area (Å²) in [6.07, 6.45) is -0.257. The van der Waals surface area contributed by atoms with E-state index in [4.69, 9.17) is 30.0 Å². The Morgan fingerprint density at radius 1 is 1.16 bits per heavy atom. The highest BCUT2D eigenvalue weighted by atomic mass is 31.2. The number of nitrogen functional groups attached to an aromatic ring is 2. The maximum atomic E-state index is 13.1. The molecular weight excluding hydrogens is 511 g/mol. The van der Waals surface area contributed by atoms with Crippen molar-refractivity contribution >= 4 is 30.4 Å². The number of rotatable bonds is 8. The summed E-state index contributed by atoms with van der Waals surface area (Å²) in [4.78, 5) is 28.1. The molecule has 17 heteroatoms. The third-order valence-electron chi connectivity index (χ3n) is 6.22. The molecule has 37 heavy (non-hydrogen) atoms. The zero-order chi connectivity index (χ0) is 26.3. The van der Waals surface area contributed by atoms with E-state index in [0.717, 1.165) is 0 Å². The van der Waals surface area contributed by atoms with Crippen molar-refractivity contribution in [1.82, 2.24) is 29.1 Å². The van der Waals surface area contributed by atoms with Gasteiger partial charge in [-0.05, 0) is 6.07 Å². The topological polar surface area (TPSA) is 225 Å². The Morgan fingerprint density at radius 2 is 1.92 bits per heavy atom. The van der Waals surface area contributed by atoms with Crippen LogP contribution in [0.15, 0.2) is 29.7 Å². The number of imidazole rings is 1. The second-order valence-corrected chi connectivity index (χ2v) is 10.8. The normalized spacial score (nSPS) is 29.6. The third-order valence-corrected chi connectivity index (χ3v) is 7.50. The first-order valence-electron chi connectivity index (χ1n) is 11.4. The number of nitrogens with zero attached hydrogens (tertiary/aromatic N) is 6. The lowest BCUT2D eigenvalue weighted by Gasteiger charge is -2.23. The molecule has 0 bridgehead atoms. The van der Waals surface area contributed by atoms with Crippen LogP contribution in [-0.2, 0) is 23.1 Å². The molecule has 2 aliphatic rings. The number of fused-ring (bicyclic) bond motifs is 1. The minimum absolute atomic E-state index is 0.0643. The van der Waals surface area contributed by atoms with Crippen molar-refractivity contribution in [2.45, 2.75) is 49.7 Å². The van der Waals surface area contributed by atoms with Crippen molar-refractivity contribution in [2.24, 2.45) is 0 Å². The predicted octanol–water partition coefficient (Wildman–Crippen LogP) is -0.599. The number of hydrogen-bond donors (Lipinski definition) is 4. The van der Waals surface area contributed by atoms with E-state index in [0.29, 0.717) is 11.2 Å². The van der Waals surface area contributed by atoms with Crippen LogP contribution in [-0.4, -0.2) is 83.6 Å². The van der Waals surface area contributed by atoms with E-state index in [-0.39, 0.29) is 31.1 Å². The number of hydrogen-bond acceptors (Lipinski definition) is 14. The average molecular weight is 538 g/mol. The zero-order valence-corrected chi connectivity index (χ0v) is 20.6. The summed E-state index contributed by atoms with van der Waals surface area (Å²) in [5.41, 5.74) is 11.6. The van der Waals surface area contributed by atoms with Gasteiger partial charge in [0.05, 0.1) is 31.7 Å². The van der Waals surface area contributed by atoms with Gasteiger partial charge in [-0.1, -0.05) is 0 Å². The van der Waals surface area contributed by atoms with Crippen molar-refractivity contribution in [1.29, 1.82) is 0 Å². The van der Waals surface area contributed by atoms with Crippen molar-refractivity contribution < 1.29 is 33.3 Å². The summed E-state index contributed by atoms with van der Waals surface area (Å²) in [7, 11) is -3.70. The minimum atomic E-state index is -3.70. The maximum Gasteiger partial charge on any atom is 0.351 e. The van der Waals surface area contributed by atoms with Crippen LogP contribution in [0.2, 0.25) is 0 Å². The Hall–Kier alpha value is -2.98. The highest BCUT2D eigenvalue weighted by Crippen LogP contribution is 2.49. The first kappa shape index (κ1) is 25.7. The maximum absolute atomic E-state index is 13.1. The van der Waals surface area contributed by atoms with Gasteiger partial charge in [0, 0.05) is 25.7 Å². The number of ether oxygens (including phenoxy) is 2.